The zero-order valence-corrected chi connectivity index (χ0v) is 7.50. The van der Waals surface area contributed by atoms with Crippen LogP contribution in [0.3, 0.4) is 0 Å². The summed E-state index contributed by atoms with van der Waals surface area (Å²) in [6.07, 6.45) is 3.83. The molecule has 0 bridgehead atoms. The SMILES string of the molecule is OCCCNCC1CCC(O)C1. The van der Waals surface area contributed by atoms with Gasteiger partial charge in [-0.05, 0) is 44.7 Å². The van der Waals surface area contributed by atoms with Crippen molar-refractivity contribution in [2.45, 2.75) is 31.8 Å². The maximum atomic E-state index is 9.23. The van der Waals surface area contributed by atoms with Crippen LogP contribution in [0.25, 0.3) is 0 Å². The predicted molar refractivity (Wildman–Crippen MR) is 47.9 cm³/mol. The summed E-state index contributed by atoms with van der Waals surface area (Å²) in [6.45, 7) is 2.15. The summed E-state index contributed by atoms with van der Waals surface area (Å²) in [4.78, 5) is 0. The third-order valence-corrected chi connectivity index (χ3v) is 2.46. The van der Waals surface area contributed by atoms with E-state index in [9.17, 15) is 5.11 Å². The number of hydrogen-bond donors (Lipinski definition) is 3. The fourth-order valence-electron chi connectivity index (χ4n) is 1.74. The van der Waals surface area contributed by atoms with Crippen LogP contribution in [0.4, 0.5) is 0 Å². The molecule has 3 nitrogen and oxygen atoms in total. The van der Waals surface area contributed by atoms with Crippen molar-refractivity contribution in [2.75, 3.05) is 19.7 Å². The van der Waals surface area contributed by atoms with Gasteiger partial charge in [0.2, 0.25) is 0 Å². The van der Waals surface area contributed by atoms with Crippen molar-refractivity contribution in [3.8, 4) is 0 Å². The predicted octanol–water partition coefficient (Wildman–Crippen LogP) is 0.119. The Morgan fingerprint density at radius 3 is 2.75 bits per heavy atom. The first-order valence-electron chi connectivity index (χ1n) is 4.82. The smallest absolute Gasteiger partial charge is 0.0543 e. The molecule has 12 heavy (non-hydrogen) atoms. The second-order valence-electron chi connectivity index (χ2n) is 3.61. The van der Waals surface area contributed by atoms with Gasteiger partial charge in [0.1, 0.15) is 0 Å². The van der Waals surface area contributed by atoms with Crippen molar-refractivity contribution in [1.82, 2.24) is 5.32 Å². The summed E-state index contributed by atoms with van der Waals surface area (Å²) in [5.41, 5.74) is 0. The number of aliphatic hydroxyl groups is 2. The number of rotatable bonds is 5. The minimum atomic E-state index is -0.0605. The molecule has 3 N–H and O–H groups in total. The van der Waals surface area contributed by atoms with E-state index in [1.807, 2.05) is 0 Å². The topological polar surface area (TPSA) is 52.5 Å². The van der Waals surface area contributed by atoms with Crippen LogP contribution in [-0.4, -0.2) is 36.0 Å². The first-order valence-corrected chi connectivity index (χ1v) is 4.82. The van der Waals surface area contributed by atoms with Gasteiger partial charge in [-0.3, -0.25) is 0 Å². The van der Waals surface area contributed by atoms with Gasteiger partial charge in [-0.1, -0.05) is 0 Å². The monoisotopic (exact) mass is 173 g/mol. The van der Waals surface area contributed by atoms with E-state index in [1.54, 1.807) is 0 Å². The van der Waals surface area contributed by atoms with Crippen LogP contribution < -0.4 is 5.32 Å². The van der Waals surface area contributed by atoms with E-state index < -0.39 is 0 Å². The molecule has 2 unspecified atom stereocenters. The third kappa shape index (κ3) is 3.52. The molecule has 0 aromatic rings. The van der Waals surface area contributed by atoms with E-state index in [4.69, 9.17) is 5.11 Å². The van der Waals surface area contributed by atoms with Crippen molar-refractivity contribution >= 4 is 0 Å². The van der Waals surface area contributed by atoms with Crippen molar-refractivity contribution in [1.29, 1.82) is 0 Å². The van der Waals surface area contributed by atoms with Gasteiger partial charge in [0.25, 0.3) is 0 Å². The zero-order chi connectivity index (χ0) is 8.81. The molecule has 2 atom stereocenters. The van der Waals surface area contributed by atoms with Crippen molar-refractivity contribution in [3.05, 3.63) is 0 Å². The van der Waals surface area contributed by atoms with E-state index in [2.05, 4.69) is 5.32 Å². The summed E-state index contributed by atoms with van der Waals surface area (Å²) in [5, 5.41) is 21.0. The van der Waals surface area contributed by atoms with Crippen LogP contribution in [0.2, 0.25) is 0 Å². The Hall–Kier alpha value is -0.120. The van der Waals surface area contributed by atoms with E-state index in [-0.39, 0.29) is 12.7 Å². The summed E-state index contributed by atoms with van der Waals surface area (Å²) < 4.78 is 0. The molecule has 72 valence electrons. The molecule has 0 aromatic carbocycles. The molecule has 1 saturated carbocycles. The maximum absolute atomic E-state index is 9.23. The highest BCUT2D eigenvalue weighted by atomic mass is 16.3. The van der Waals surface area contributed by atoms with E-state index in [0.717, 1.165) is 38.8 Å². The van der Waals surface area contributed by atoms with Crippen LogP contribution in [0.5, 0.6) is 0 Å². The van der Waals surface area contributed by atoms with Crippen LogP contribution in [-0.2, 0) is 0 Å². The second kappa shape index (κ2) is 5.51. The van der Waals surface area contributed by atoms with Gasteiger partial charge in [-0.25, -0.2) is 0 Å². The normalized spacial score (nSPS) is 29.5. The van der Waals surface area contributed by atoms with E-state index in [0.29, 0.717) is 5.92 Å². The minimum Gasteiger partial charge on any atom is -0.396 e. The summed E-state index contributed by atoms with van der Waals surface area (Å²) in [7, 11) is 0. The molecule has 0 aliphatic heterocycles. The van der Waals surface area contributed by atoms with Crippen LogP contribution in [0.15, 0.2) is 0 Å². The summed E-state index contributed by atoms with van der Waals surface area (Å²) >= 11 is 0. The molecular weight excluding hydrogens is 154 g/mol. The number of nitrogens with one attached hydrogen (secondary N) is 1. The first-order chi connectivity index (χ1) is 5.83. The summed E-state index contributed by atoms with van der Waals surface area (Å²) in [6, 6.07) is 0. The van der Waals surface area contributed by atoms with Crippen LogP contribution in [0, 0.1) is 5.92 Å². The van der Waals surface area contributed by atoms with Gasteiger partial charge in [0.05, 0.1) is 6.10 Å². The Morgan fingerprint density at radius 2 is 2.17 bits per heavy atom. The zero-order valence-electron chi connectivity index (χ0n) is 7.50. The highest BCUT2D eigenvalue weighted by Gasteiger charge is 2.21. The molecule has 0 spiro atoms. The molecule has 0 heterocycles. The average Bonchev–Trinajstić information content (AvgIpc) is 2.45. The Balaban J connectivity index is 1.93. The third-order valence-electron chi connectivity index (χ3n) is 2.46. The van der Waals surface area contributed by atoms with Crippen LogP contribution in [0.1, 0.15) is 25.7 Å². The van der Waals surface area contributed by atoms with Gasteiger partial charge in [-0.2, -0.15) is 0 Å². The molecule has 0 amide bonds. The lowest BCUT2D eigenvalue weighted by molar-refractivity contribution is 0.177. The van der Waals surface area contributed by atoms with Gasteiger partial charge >= 0.3 is 0 Å². The summed E-state index contributed by atoms with van der Waals surface area (Å²) in [5.74, 6) is 0.652. The lowest BCUT2D eigenvalue weighted by Crippen LogP contribution is -2.23. The van der Waals surface area contributed by atoms with Crippen LogP contribution >= 0.6 is 0 Å². The average molecular weight is 173 g/mol. The van der Waals surface area contributed by atoms with Gasteiger partial charge in [0, 0.05) is 6.61 Å². The Bertz CT molecular complexity index is 119. The molecule has 1 rings (SSSR count). The van der Waals surface area contributed by atoms with Gasteiger partial charge in [0.15, 0.2) is 0 Å². The van der Waals surface area contributed by atoms with E-state index >= 15 is 0 Å². The molecule has 3 heteroatoms. The van der Waals surface area contributed by atoms with Gasteiger partial charge in [-0.15, -0.1) is 0 Å². The molecule has 0 aromatic heterocycles. The highest BCUT2D eigenvalue weighted by Crippen LogP contribution is 2.24. The molecular formula is C9H19NO2. The lowest BCUT2D eigenvalue weighted by Gasteiger charge is -2.09. The molecule has 1 aliphatic carbocycles. The maximum Gasteiger partial charge on any atom is 0.0543 e. The minimum absolute atomic E-state index is 0.0605. The fourth-order valence-corrected chi connectivity index (χ4v) is 1.74. The quantitative estimate of drug-likeness (QED) is 0.518. The molecule has 1 fully saturated rings. The highest BCUT2D eigenvalue weighted by molar-refractivity contribution is 4.75. The number of hydrogen-bond acceptors (Lipinski definition) is 3. The molecule has 1 aliphatic rings. The number of aliphatic hydroxyl groups excluding tert-OH is 2. The Kier molecular flexibility index (Phi) is 4.58. The van der Waals surface area contributed by atoms with E-state index in [1.165, 1.54) is 0 Å². The van der Waals surface area contributed by atoms with Crippen molar-refractivity contribution in [2.24, 2.45) is 5.92 Å². The second-order valence-corrected chi connectivity index (χ2v) is 3.61. The lowest BCUT2D eigenvalue weighted by atomic mass is 10.1. The standard InChI is InChI=1S/C9H19NO2/c11-5-1-4-10-7-8-2-3-9(12)6-8/h8-12H,1-7H2. The van der Waals surface area contributed by atoms with Crippen molar-refractivity contribution < 1.29 is 10.2 Å². The first kappa shape index (κ1) is 9.96. The molecule has 0 saturated heterocycles. The van der Waals surface area contributed by atoms with Crippen molar-refractivity contribution in [3.63, 3.8) is 0 Å². The Labute approximate surface area is 73.8 Å². The molecule has 0 radical (unpaired) electrons. The largest absolute Gasteiger partial charge is 0.396 e. The Morgan fingerprint density at radius 1 is 1.33 bits per heavy atom. The fraction of sp³-hybridized carbons (Fsp3) is 1.00. The van der Waals surface area contributed by atoms with Gasteiger partial charge < -0.3 is 15.5 Å².